The lowest BCUT2D eigenvalue weighted by Crippen LogP contribution is -2.58. The van der Waals surface area contributed by atoms with Gasteiger partial charge in [-0.3, -0.25) is 0 Å². The Hall–Kier alpha value is -1.92. The van der Waals surface area contributed by atoms with Gasteiger partial charge in [0.2, 0.25) is 5.66 Å². The van der Waals surface area contributed by atoms with Crippen molar-refractivity contribution in [1.29, 1.82) is 0 Å². The first-order valence-electron chi connectivity index (χ1n) is 6.63. The molecule has 0 aromatic rings. The van der Waals surface area contributed by atoms with Crippen molar-refractivity contribution >= 4 is 12.1 Å². The van der Waals surface area contributed by atoms with Crippen LogP contribution in [0.4, 0.5) is 4.79 Å². The lowest BCUT2D eigenvalue weighted by Gasteiger charge is -2.28. The third kappa shape index (κ3) is 4.64. The van der Waals surface area contributed by atoms with E-state index in [2.05, 4.69) is 16.0 Å². The Morgan fingerprint density at radius 3 is 2.35 bits per heavy atom. The monoisotopic (exact) mass is 285 g/mol. The third-order valence-corrected chi connectivity index (χ3v) is 2.53. The van der Waals surface area contributed by atoms with Crippen molar-refractivity contribution in [2.75, 3.05) is 13.2 Å². The number of alkyl carbamates (subject to hydrolysis) is 1. The van der Waals surface area contributed by atoms with Crippen LogP contribution in [0.25, 0.3) is 0 Å². The Morgan fingerprint density at radius 2 is 1.85 bits per heavy atom. The number of amides is 1. The van der Waals surface area contributed by atoms with Crippen molar-refractivity contribution in [3.63, 3.8) is 0 Å². The molecule has 1 rings (SSSR count). The summed E-state index contributed by atoms with van der Waals surface area (Å²) in [7, 11) is 0. The molecule has 0 saturated carbocycles. The van der Waals surface area contributed by atoms with Crippen molar-refractivity contribution in [3.8, 4) is 0 Å². The van der Waals surface area contributed by atoms with Gasteiger partial charge in [0.15, 0.2) is 0 Å². The van der Waals surface area contributed by atoms with Crippen LogP contribution in [0.1, 0.15) is 34.1 Å². The second-order valence-electron chi connectivity index (χ2n) is 5.43. The number of carbonyl (C=O) groups excluding carboxylic acids is 2. The fraction of sp³-hybridized carbons (Fsp3) is 0.692. The third-order valence-electron chi connectivity index (χ3n) is 2.53. The summed E-state index contributed by atoms with van der Waals surface area (Å²) in [4.78, 5) is 23.5. The lowest BCUT2D eigenvalue weighted by molar-refractivity contribution is -0.151. The molecule has 0 unspecified atom stereocenters. The number of hydrogen-bond acceptors (Lipinski definition) is 6. The normalized spacial score (nSPS) is 16.0. The quantitative estimate of drug-likeness (QED) is 0.648. The van der Waals surface area contributed by atoms with Gasteiger partial charge < -0.3 is 25.4 Å². The molecule has 0 fully saturated rings. The number of esters is 1. The zero-order valence-corrected chi connectivity index (χ0v) is 12.4. The summed E-state index contributed by atoms with van der Waals surface area (Å²) < 4.78 is 10.1. The maximum atomic E-state index is 11.9. The highest BCUT2D eigenvalue weighted by molar-refractivity contribution is 5.81. The summed E-state index contributed by atoms with van der Waals surface area (Å²) in [5.41, 5.74) is -1.57. The molecule has 1 heterocycles. The fourth-order valence-corrected chi connectivity index (χ4v) is 1.69. The summed E-state index contributed by atoms with van der Waals surface area (Å²) in [5, 5.41) is 8.45. The Morgan fingerprint density at radius 1 is 1.25 bits per heavy atom. The van der Waals surface area contributed by atoms with E-state index in [1.54, 1.807) is 40.1 Å². The Balaban J connectivity index is 2.45. The van der Waals surface area contributed by atoms with Gasteiger partial charge in [-0.05, 0) is 27.7 Å². The maximum Gasteiger partial charge on any atom is 0.407 e. The van der Waals surface area contributed by atoms with Gasteiger partial charge in [-0.1, -0.05) is 0 Å². The SMILES string of the molecule is CCOC(=O)C1(CCNC(=O)OC(C)(C)C)NC=CN1. The van der Waals surface area contributed by atoms with E-state index in [4.69, 9.17) is 9.47 Å². The highest BCUT2D eigenvalue weighted by Crippen LogP contribution is 2.13. The molecule has 114 valence electrons. The molecule has 7 heteroatoms. The predicted molar refractivity (Wildman–Crippen MR) is 73.6 cm³/mol. The van der Waals surface area contributed by atoms with Gasteiger partial charge in [-0.25, -0.2) is 9.59 Å². The molecule has 0 radical (unpaired) electrons. The second-order valence-corrected chi connectivity index (χ2v) is 5.43. The van der Waals surface area contributed by atoms with Crippen LogP contribution in [0.15, 0.2) is 12.4 Å². The van der Waals surface area contributed by atoms with Crippen LogP contribution >= 0.6 is 0 Å². The second kappa shape index (κ2) is 6.49. The molecule has 0 bridgehead atoms. The standard InChI is InChI=1S/C13H23N3O4/c1-5-19-10(17)13(15-8-9-16-13)6-7-14-11(18)20-12(2,3)4/h8-9,15-16H,5-7H2,1-4H3,(H,14,18). The highest BCUT2D eigenvalue weighted by atomic mass is 16.6. The zero-order valence-electron chi connectivity index (χ0n) is 12.4. The Bertz CT molecular complexity index is 380. The van der Waals surface area contributed by atoms with Crippen LogP contribution in [0.2, 0.25) is 0 Å². The van der Waals surface area contributed by atoms with Crippen molar-refractivity contribution in [2.45, 2.75) is 45.4 Å². The molecule has 1 aliphatic heterocycles. The van der Waals surface area contributed by atoms with E-state index in [1.807, 2.05) is 0 Å². The minimum absolute atomic E-state index is 0.273. The molecule has 0 aromatic heterocycles. The maximum absolute atomic E-state index is 11.9. The van der Waals surface area contributed by atoms with Gasteiger partial charge in [0.25, 0.3) is 0 Å². The fourth-order valence-electron chi connectivity index (χ4n) is 1.69. The summed E-state index contributed by atoms with van der Waals surface area (Å²) in [5.74, 6) is -0.406. The Kier molecular flexibility index (Phi) is 5.24. The summed E-state index contributed by atoms with van der Waals surface area (Å²) >= 11 is 0. The topological polar surface area (TPSA) is 88.7 Å². The van der Waals surface area contributed by atoms with Gasteiger partial charge in [-0.2, -0.15) is 0 Å². The van der Waals surface area contributed by atoms with E-state index >= 15 is 0 Å². The predicted octanol–water partition coefficient (Wildman–Crippen LogP) is 0.825. The summed E-state index contributed by atoms with van der Waals surface area (Å²) in [6, 6.07) is 0. The molecule has 7 nitrogen and oxygen atoms in total. The van der Waals surface area contributed by atoms with Crippen LogP contribution < -0.4 is 16.0 Å². The van der Waals surface area contributed by atoms with Crippen molar-refractivity contribution < 1.29 is 19.1 Å². The van der Waals surface area contributed by atoms with Gasteiger partial charge >= 0.3 is 12.1 Å². The molecular weight excluding hydrogens is 262 g/mol. The van der Waals surface area contributed by atoms with Crippen LogP contribution in [-0.2, 0) is 14.3 Å². The average Bonchev–Trinajstić information content (AvgIpc) is 2.77. The van der Waals surface area contributed by atoms with Crippen molar-refractivity contribution in [3.05, 3.63) is 12.4 Å². The van der Waals surface area contributed by atoms with Crippen LogP contribution in [0.5, 0.6) is 0 Å². The van der Waals surface area contributed by atoms with E-state index in [0.29, 0.717) is 13.0 Å². The molecular formula is C13H23N3O4. The molecule has 0 aromatic carbocycles. The summed E-state index contributed by atoms with van der Waals surface area (Å²) in [6.07, 6.45) is 3.08. The molecule has 0 spiro atoms. The van der Waals surface area contributed by atoms with Gasteiger partial charge in [0.05, 0.1) is 6.61 Å². The lowest BCUT2D eigenvalue weighted by atomic mass is 10.1. The molecule has 1 amide bonds. The molecule has 0 atom stereocenters. The largest absolute Gasteiger partial charge is 0.463 e. The van der Waals surface area contributed by atoms with E-state index in [9.17, 15) is 9.59 Å². The number of hydrogen-bond donors (Lipinski definition) is 3. The first kappa shape index (κ1) is 16.1. The van der Waals surface area contributed by atoms with E-state index in [0.717, 1.165) is 0 Å². The van der Waals surface area contributed by atoms with Gasteiger partial charge in [0, 0.05) is 25.4 Å². The van der Waals surface area contributed by atoms with Crippen LogP contribution in [0.3, 0.4) is 0 Å². The van der Waals surface area contributed by atoms with E-state index < -0.39 is 23.3 Å². The smallest absolute Gasteiger partial charge is 0.407 e. The van der Waals surface area contributed by atoms with Crippen LogP contribution in [0, 0.1) is 0 Å². The number of carbonyl (C=O) groups is 2. The highest BCUT2D eigenvalue weighted by Gasteiger charge is 2.40. The zero-order chi connectivity index (χ0) is 15.2. The number of rotatable bonds is 5. The Labute approximate surface area is 119 Å². The summed E-state index contributed by atoms with van der Waals surface area (Å²) in [6.45, 7) is 7.68. The number of ether oxygens (including phenoxy) is 2. The molecule has 0 saturated heterocycles. The van der Waals surface area contributed by atoms with E-state index in [-0.39, 0.29) is 6.54 Å². The van der Waals surface area contributed by atoms with Gasteiger partial charge in [-0.15, -0.1) is 0 Å². The minimum Gasteiger partial charge on any atom is -0.463 e. The molecule has 0 aliphatic carbocycles. The molecule has 20 heavy (non-hydrogen) atoms. The van der Waals surface area contributed by atoms with Crippen molar-refractivity contribution in [2.24, 2.45) is 0 Å². The van der Waals surface area contributed by atoms with Crippen molar-refractivity contribution in [1.82, 2.24) is 16.0 Å². The van der Waals surface area contributed by atoms with E-state index in [1.165, 1.54) is 0 Å². The van der Waals surface area contributed by atoms with Gasteiger partial charge in [0.1, 0.15) is 5.60 Å². The minimum atomic E-state index is -1.02. The average molecular weight is 285 g/mol. The number of nitrogens with one attached hydrogen (secondary N) is 3. The first-order valence-corrected chi connectivity index (χ1v) is 6.63. The molecule has 3 N–H and O–H groups in total. The molecule has 1 aliphatic rings. The first-order chi connectivity index (χ1) is 9.29. The van der Waals surface area contributed by atoms with Crippen LogP contribution in [-0.4, -0.2) is 36.5 Å².